The van der Waals surface area contributed by atoms with E-state index in [1.807, 2.05) is 20.8 Å². The number of sulfonamides is 1. The maximum atomic E-state index is 12.9. The minimum absolute atomic E-state index is 0.00263. The van der Waals surface area contributed by atoms with Crippen LogP contribution < -0.4 is 20.1 Å². The Balaban J connectivity index is 2.22. The molecule has 0 spiro atoms. The zero-order valence-corrected chi connectivity index (χ0v) is 19.7. The van der Waals surface area contributed by atoms with Gasteiger partial charge < -0.3 is 20.3 Å². The van der Waals surface area contributed by atoms with E-state index in [1.165, 1.54) is 18.2 Å². The van der Waals surface area contributed by atoms with Gasteiger partial charge in [0.2, 0.25) is 15.9 Å². The molecule has 0 saturated heterocycles. The van der Waals surface area contributed by atoms with Crippen LogP contribution in [0.4, 0.5) is 5.69 Å². The number of aromatic hydroxyl groups is 1. The predicted octanol–water partition coefficient (Wildman–Crippen LogP) is 2.05. The predicted molar refractivity (Wildman–Crippen MR) is 123 cm³/mol. The van der Waals surface area contributed by atoms with Crippen molar-refractivity contribution < 1.29 is 28.2 Å². The summed E-state index contributed by atoms with van der Waals surface area (Å²) in [6.07, 6.45) is -0.108. The molecule has 1 amide bonds. The SMILES string of the molecule is COc1ccc([C@H](NCC(O)c2ccc(O)c(NS(C)(=O)=O)c2)C(=O)NC(C)(C)C)cc1. The number of aliphatic hydroxyl groups is 1. The average molecular weight is 466 g/mol. The zero-order chi connectivity index (χ0) is 24.1. The van der Waals surface area contributed by atoms with E-state index in [1.54, 1.807) is 31.4 Å². The number of benzene rings is 2. The molecule has 0 heterocycles. The first-order chi connectivity index (χ1) is 14.8. The molecule has 5 N–H and O–H groups in total. The summed E-state index contributed by atoms with van der Waals surface area (Å²) >= 11 is 0. The molecule has 1 unspecified atom stereocenters. The summed E-state index contributed by atoms with van der Waals surface area (Å²) < 4.78 is 30.4. The van der Waals surface area contributed by atoms with Crippen LogP contribution in [0.15, 0.2) is 42.5 Å². The molecule has 0 saturated carbocycles. The fraction of sp³-hybridized carbons (Fsp3) is 0.409. The smallest absolute Gasteiger partial charge is 0.242 e. The van der Waals surface area contributed by atoms with Gasteiger partial charge in [-0.05, 0) is 56.2 Å². The van der Waals surface area contributed by atoms with Gasteiger partial charge in [-0.1, -0.05) is 18.2 Å². The van der Waals surface area contributed by atoms with Crippen molar-refractivity contribution in [1.82, 2.24) is 10.6 Å². The fourth-order valence-corrected chi connectivity index (χ4v) is 3.55. The van der Waals surface area contributed by atoms with Crippen molar-refractivity contribution in [3.63, 3.8) is 0 Å². The lowest BCUT2D eigenvalue weighted by Crippen LogP contribution is -2.47. The Morgan fingerprint density at radius 2 is 1.69 bits per heavy atom. The Bertz CT molecular complexity index is 1030. The van der Waals surface area contributed by atoms with Gasteiger partial charge in [0.05, 0.1) is 25.2 Å². The van der Waals surface area contributed by atoms with Crippen LogP contribution in [0.3, 0.4) is 0 Å². The molecular formula is C22H31N3O6S. The molecule has 0 fully saturated rings. The van der Waals surface area contributed by atoms with Crippen LogP contribution in [-0.4, -0.2) is 50.0 Å². The highest BCUT2D eigenvalue weighted by Crippen LogP contribution is 2.28. The number of carbonyl (C=O) groups is 1. The Hall–Kier alpha value is -2.82. The summed E-state index contributed by atoms with van der Waals surface area (Å²) in [7, 11) is -2.06. The number of nitrogens with one attached hydrogen (secondary N) is 3. The van der Waals surface area contributed by atoms with Crippen LogP contribution in [-0.2, 0) is 14.8 Å². The van der Waals surface area contributed by atoms with Gasteiger partial charge in [0.15, 0.2) is 0 Å². The van der Waals surface area contributed by atoms with Gasteiger partial charge in [0.1, 0.15) is 17.5 Å². The Kier molecular flexibility index (Phi) is 8.11. The van der Waals surface area contributed by atoms with Crippen LogP contribution in [0.2, 0.25) is 0 Å². The highest BCUT2D eigenvalue weighted by atomic mass is 32.2. The number of hydrogen-bond donors (Lipinski definition) is 5. The van der Waals surface area contributed by atoms with Crippen molar-refractivity contribution in [2.75, 3.05) is 24.6 Å². The van der Waals surface area contributed by atoms with Crippen molar-refractivity contribution in [2.45, 2.75) is 38.5 Å². The van der Waals surface area contributed by atoms with Crippen molar-refractivity contribution in [1.29, 1.82) is 0 Å². The number of hydrogen-bond acceptors (Lipinski definition) is 7. The molecule has 9 nitrogen and oxygen atoms in total. The van der Waals surface area contributed by atoms with Crippen LogP contribution in [0.25, 0.3) is 0 Å². The number of anilines is 1. The lowest BCUT2D eigenvalue weighted by Gasteiger charge is -2.27. The number of carbonyl (C=O) groups excluding carboxylic acids is 1. The topological polar surface area (TPSA) is 137 Å². The van der Waals surface area contributed by atoms with Crippen molar-refractivity contribution in [2.24, 2.45) is 0 Å². The lowest BCUT2D eigenvalue weighted by molar-refractivity contribution is -0.124. The number of methoxy groups -OCH3 is 1. The molecule has 2 aromatic rings. The van der Waals surface area contributed by atoms with Gasteiger partial charge in [-0.15, -0.1) is 0 Å². The van der Waals surface area contributed by atoms with E-state index in [0.29, 0.717) is 16.9 Å². The molecule has 2 aromatic carbocycles. The maximum absolute atomic E-state index is 12.9. The number of aliphatic hydroxyl groups excluding tert-OH is 1. The molecule has 2 atom stereocenters. The number of amides is 1. The number of ether oxygens (including phenoxy) is 1. The number of phenolic OH excluding ortho intramolecular Hbond substituents is 1. The van der Waals surface area contributed by atoms with Gasteiger partial charge in [-0.2, -0.15) is 0 Å². The first-order valence-electron chi connectivity index (χ1n) is 9.97. The first-order valence-corrected chi connectivity index (χ1v) is 11.9. The van der Waals surface area contributed by atoms with Crippen LogP contribution in [0, 0.1) is 0 Å². The third kappa shape index (κ3) is 7.70. The van der Waals surface area contributed by atoms with Crippen LogP contribution >= 0.6 is 0 Å². The zero-order valence-electron chi connectivity index (χ0n) is 18.8. The molecular weight excluding hydrogens is 434 g/mol. The van der Waals surface area contributed by atoms with E-state index in [-0.39, 0.29) is 23.9 Å². The quantitative estimate of drug-likeness (QED) is 0.358. The molecule has 2 rings (SSSR count). The number of phenols is 1. The third-order valence-electron chi connectivity index (χ3n) is 4.43. The molecule has 0 aliphatic carbocycles. The monoisotopic (exact) mass is 465 g/mol. The Labute approximate surface area is 188 Å². The molecule has 10 heteroatoms. The standard InChI is InChI=1S/C22H31N3O6S/c1-22(2,3)24-21(28)20(14-6-9-16(31-4)10-7-14)23-13-19(27)15-8-11-18(26)17(12-15)25-32(5,29)30/h6-12,19-20,23,25-27H,13H2,1-5H3,(H,24,28)/t19?,20-/m0/s1. The van der Waals surface area contributed by atoms with E-state index in [0.717, 1.165) is 6.26 Å². The molecule has 176 valence electrons. The van der Waals surface area contributed by atoms with Crippen molar-refractivity contribution in [3.05, 3.63) is 53.6 Å². The van der Waals surface area contributed by atoms with Crippen molar-refractivity contribution >= 4 is 21.6 Å². The summed E-state index contributed by atoms with van der Waals surface area (Å²) in [6.45, 7) is 5.62. The number of rotatable bonds is 9. The Morgan fingerprint density at radius 1 is 1.09 bits per heavy atom. The van der Waals surface area contributed by atoms with E-state index in [2.05, 4.69) is 15.4 Å². The highest BCUT2D eigenvalue weighted by molar-refractivity contribution is 7.92. The second-order valence-electron chi connectivity index (χ2n) is 8.52. The summed E-state index contributed by atoms with van der Waals surface area (Å²) in [5, 5.41) is 26.5. The second-order valence-corrected chi connectivity index (χ2v) is 10.3. The summed E-state index contributed by atoms with van der Waals surface area (Å²) in [4.78, 5) is 12.9. The minimum Gasteiger partial charge on any atom is -0.506 e. The van der Waals surface area contributed by atoms with E-state index in [9.17, 15) is 23.4 Å². The molecule has 0 aliphatic heterocycles. The van der Waals surface area contributed by atoms with Gasteiger partial charge in [0.25, 0.3) is 0 Å². The normalized spacial score (nSPS) is 13.8. The van der Waals surface area contributed by atoms with Crippen LogP contribution in [0.1, 0.15) is 44.0 Å². The summed E-state index contributed by atoms with van der Waals surface area (Å²) in [5.74, 6) is 0.124. The van der Waals surface area contributed by atoms with Gasteiger partial charge in [-0.25, -0.2) is 8.42 Å². The van der Waals surface area contributed by atoms with E-state index in [4.69, 9.17) is 4.74 Å². The van der Waals surface area contributed by atoms with Gasteiger partial charge in [-0.3, -0.25) is 14.8 Å². The summed E-state index contributed by atoms with van der Waals surface area (Å²) in [6, 6.07) is 10.4. The second kappa shape index (κ2) is 10.2. The lowest BCUT2D eigenvalue weighted by atomic mass is 10.0. The Morgan fingerprint density at radius 3 is 2.22 bits per heavy atom. The fourth-order valence-electron chi connectivity index (χ4n) is 2.99. The maximum Gasteiger partial charge on any atom is 0.242 e. The molecule has 0 radical (unpaired) electrons. The van der Waals surface area contributed by atoms with Crippen LogP contribution in [0.5, 0.6) is 11.5 Å². The average Bonchev–Trinajstić information content (AvgIpc) is 2.67. The van der Waals surface area contributed by atoms with Gasteiger partial charge in [0, 0.05) is 12.1 Å². The minimum atomic E-state index is -3.61. The summed E-state index contributed by atoms with van der Waals surface area (Å²) in [5.41, 5.74) is 0.558. The molecule has 0 bridgehead atoms. The largest absolute Gasteiger partial charge is 0.506 e. The van der Waals surface area contributed by atoms with E-state index < -0.39 is 27.7 Å². The van der Waals surface area contributed by atoms with Crippen molar-refractivity contribution in [3.8, 4) is 11.5 Å². The third-order valence-corrected chi connectivity index (χ3v) is 5.02. The molecule has 0 aromatic heterocycles. The molecule has 0 aliphatic rings. The van der Waals surface area contributed by atoms with E-state index >= 15 is 0 Å². The highest BCUT2D eigenvalue weighted by Gasteiger charge is 2.25. The molecule has 32 heavy (non-hydrogen) atoms. The van der Waals surface area contributed by atoms with Gasteiger partial charge >= 0.3 is 0 Å². The first kappa shape index (κ1) is 25.4.